The van der Waals surface area contributed by atoms with Crippen LogP contribution in [0.2, 0.25) is 0 Å². The van der Waals surface area contributed by atoms with Crippen molar-refractivity contribution in [2.45, 2.75) is 0 Å². The molecular weight excluding hydrogens is 153 g/mol. The summed E-state index contributed by atoms with van der Waals surface area (Å²) >= 11 is 14.2. The predicted molar refractivity (Wildman–Crippen MR) is 26.7 cm³/mol. The van der Waals surface area contributed by atoms with Crippen molar-refractivity contribution in [3.8, 4) is 0 Å². The Morgan fingerprint density at radius 2 is 1.20 bits per heavy atom. The highest BCUT2D eigenvalue weighted by molar-refractivity contribution is 8.29. The first-order chi connectivity index (χ1) is 2.00. The molecule has 0 heterocycles. The third-order valence-corrected chi connectivity index (χ3v) is 0. The summed E-state index contributed by atoms with van der Waals surface area (Å²) in [5.74, 6) is 0. The van der Waals surface area contributed by atoms with Crippen molar-refractivity contribution < 1.29 is 4.89 Å². The number of halogens is 3. The fourth-order valence-corrected chi connectivity index (χ4v) is 0. The molecule has 1 radical (unpaired) electrons. The molecule has 0 aromatic rings. The number of hydrogen-bond acceptors (Lipinski definition) is 1. The molecule has 0 fully saturated rings. The van der Waals surface area contributed by atoms with Gasteiger partial charge in [-0.2, -0.15) is 0 Å². The summed E-state index contributed by atoms with van der Waals surface area (Å²) in [5.41, 5.74) is -2.97. The lowest BCUT2D eigenvalue weighted by Crippen LogP contribution is -1.43. The van der Waals surface area contributed by atoms with Crippen molar-refractivity contribution in [1.82, 2.24) is 0 Å². The van der Waals surface area contributed by atoms with Crippen LogP contribution in [0, 0.1) is 0 Å². The van der Waals surface area contributed by atoms with Gasteiger partial charge in [0.1, 0.15) is 0 Å². The Kier molecular flexibility index (Phi) is 2.27. The van der Waals surface area contributed by atoms with Crippen LogP contribution in [-0.2, 0) is 0 Å². The zero-order valence-electron chi connectivity index (χ0n) is 2.03. The van der Waals surface area contributed by atoms with Crippen LogP contribution in [0.5, 0.6) is 0 Å². The standard InChI is InChI=1S/Cl3HOP/c1-5(2,3)4/h4H. The minimum atomic E-state index is -2.97. The summed E-state index contributed by atoms with van der Waals surface area (Å²) < 4.78 is 0. The van der Waals surface area contributed by atoms with Gasteiger partial charge < -0.3 is 4.89 Å². The molecule has 0 spiro atoms. The molecule has 1 N–H and O–H groups in total. The monoisotopic (exact) mass is 153 g/mol. The number of hydrogen-bond donors (Lipinski definition) is 1. The Morgan fingerprint density at radius 1 is 1.20 bits per heavy atom. The van der Waals surface area contributed by atoms with Gasteiger partial charge in [0, 0.05) is 0 Å². The van der Waals surface area contributed by atoms with E-state index in [9.17, 15) is 0 Å². The van der Waals surface area contributed by atoms with Crippen molar-refractivity contribution in [1.29, 1.82) is 0 Å². The Bertz CT molecular complexity index is 22.4. The van der Waals surface area contributed by atoms with E-state index in [4.69, 9.17) is 38.6 Å². The van der Waals surface area contributed by atoms with Gasteiger partial charge in [-0.15, -0.1) is 0 Å². The minimum absolute atomic E-state index is 2.97. The summed E-state index contributed by atoms with van der Waals surface area (Å²) in [4.78, 5) is 7.93. The molecule has 0 aromatic carbocycles. The van der Waals surface area contributed by atoms with E-state index in [1.807, 2.05) is 0 Å². The van der Waals surface area contributed by atoms with Crippen LogP contribution in [-0.4, -0.2) is 4.89 Å². The molecule has 33 valence electrons. The van der Waals surface area contributed by atoms with E-state index in [2.05, 4.69) is 0 Å². The first-order valence-electron chi connectivity index (χ1n) is 0.707. The summed E-state index contributed by atoms with van der Waals surface area (Å²) in [6, 6.07) is 0. The van der Waals surface area contributed by atoms with Crippen LogP contribution in [0.25, 0.3) is 0 Å². The quantitative estimate of drug-likeness (QED) is 0.531. The van der Waals surface area contributed by atoms with Gasteiger partial charge in [0.2, 0.25) is 5.55 Å². The lowest BCUT2D eigenvalue weighted by atomic mass is 15.9. The Morgan fingerprint density at radius 3 is 1.20 bits per heavy atom. The average molecular weight is 154 g/mol. The van der Waals surface area contributed by atoms with Crippen molar-refractivity contribution in [2.24, 2.45) is 0 Å². The topological polar surface area (TPSA) is 20.2 Å². The van der Waals surface area contributed by atoms with Gasteiger partial charge in [-0.1, -0.05) is 0 Å². The highest BCUT2D eigenvalue weighted by Crippen LogP contribution is 2.69. The van der Waals surface area contributed by atoms with Gasteiger partial charge in [0.05, 0.1) is 0 Å². The predicted octanol–water partition coefficient (Wildman–Crippen LogP) is 2.37. The van der Waals surface area contributed by atoms with E-state index in [-0.39, 0.29) is 0 Å². The number of rotatable bonds is 0. The third-order valence-electron chi connectivity index (χ3n) is 0. The second kappa shape index (κ2) is 1.81. The van der Waals surface area contributed by atoms with Gasteiger partial charge in [0.25, 0.3) is 0 Å². The van der Waals surface area contributed by atoms with E-state index in [1.54, 1.807) is 0 Å². The summed E-state index contributed by atoms with van der Waals surface area (Å²) in [7, 11) is 0. The lowest BCUT2D eigenvalue weighted by Gasteiger charge is -1.95. The second-order valence-electron chi connectivity index (χ2n) is 0.418. The van der Waals surface area contributed by atoms with Crippen LogP contribution >= 0.6 is 39.3 Å². The van der Waals surface area contributed by atoms with Crippen molar-refractivity contribution in [2.75, 3.05) is 0 Å². The first kappa shape index (κ1) is 6.26. The summed E-state index contributed by atoms with van der Waals surface area (Å²) in [5, 5.41) is 0. The van der Waals surface area contributed by atoms with Gasteiger partial charge in [0.15, 0.2) is 0 Å². The molecule has 0 unspecified atom stereocenters. The lowest BCUT2D eigenvalue weighted by molar-refractivity contribution is 0.648. The second-order valence-corrected chi connectivity index (χ2v) is 7.22. The SMILES string of the molecule is O[P](Cl)(Cl)Cl. The van der Waals surface area contributed by atoms with E-state index in [0.717, 1.165) is 0 Å². The maximum atomic E-state index is 7.93. The molecule has 1 nitrogen and oxygen atoms in total. The van der Waals surface area contributed by atoms with Crippen LogP contribution in [0.15, 0.2) is 0 Å². The van der Waals surface area contributed by atoms with Gasteiger partial charge >= 0.3 is 0 Å². The molecule has 0 saturated heterocycles. The summed E-state index contributed by atoms with van der Waals surface area (Å²) in [6.45, 7) is 0. The van der Waals surface area contributed by atoms with Crippen LogP contribution in [0.4, 0.5) is 0 Å². The molecule has 0 aliphatic rings. The first-order valence-corrected chi connectivity index (χ1v) is 5.16. The molecule has 0 aliphatic carbocycles. The molecule has 0 atom stereocenters. The normalized spacial score (nSPS) is 12.0. The molecule has 0 rings (SSSR count). The Balaban J connectivity index is 3.02. The maximum Gasteiger partial charge on any atom is 0.240 e. The molecule has 0 bridgehead atoms. The minimum Gasteiger partial charge on any atom is -0.342 e. The van der Waals surface area contributed by atoms with Crippen LogP contribution in [0.3, 0.4) is 0 Å². The van der Waals surface area contributed by atoms with E-state index in [1.165, 1.54) is 0 Å². The highest BCUT2D eigenvalue weighted by Gasteiger charge is 2.08. The molecular formula is HCl3OP. The zero-order chi connectivity index (χ0) is 4.50. The fourth-order valence-electron chi connectivity index (χ4n) is 0. The van der Waals surface area contributed by atoms with Crippen LogP contribution in [0.1, 0.15) is 0 Å². The molecule has 0 aromatic heterocycles. The molecule has 0 amide bonds. The smallest absolute Gasteiger partial charge is 0.240 e. The zero-order valence-corrected chi connectivity index (χ0v) is 5.19. The Hall–Kier alpha value is 1.26. The third kappa shape index (κ3) is 35.2. The van der Waals surface area contributed by atoms with E-state index in [0.29, 0.717) is 0 Å². The van der Waals surface area contributed by atoms with Crippen LogP contribution < -0.4 is 0 Å². The van der Waals surface area contributed by atoms with Crippen molar-refractivity contribution in [3.05, 3.63) is 0 Å². The highest BCUT2D eigenvalue weighted by atomic mass is 36.1. The molecule has 0 saturated carbocycles. The van der Waals surface area contributed by atoms with Gasteiger partial charge in [-0.05, 0) is 33.7 Å². The maximum absolute atomic E-state index is 7.93. The molecule has 0 aliphatic heterocycles. The van der Waals surface area contributed by atoms with Gasteiger partial charge in [-0.3, -0.25) is 0 Å². The fraction of sp³-hybridized carbons (Fsp3) is 0. The summed E-state index contributed by atoms with van der Waals surface area (Å²) in [6.07, 6.45) is 0. The van der Waals surface area contributed by atoms with E-state index < -0.39 is 5.55 Å². The van der Waals surface area contributed by atoms with Gasteiger partial charge in [-0.25, -0.2) is 0 Å². The molecule has 5 heteroatoms. The largest absolute Gasteiger partial charge is 0.342 e. The van der Waals surface area contributed by atoms with E-state index >= 15 is 0 Å². The molecule has 5 heavy (non-hydrogen) atoms. The average Bonchev–Trinajstić information content (AvgIpc) is 0.722. The Labute approximate surface area is 44.6 Å². The van der Waals surface area contributed by atoms with Crippen molar-refractivity contribution >= 4 is 39.3 Å². The van der Waals surface area contributed by atoms with Crippen molar-refractivity contribution in [3.63, 3.8) is 0 Å².